The van der Waals surface area contributed by atoms with E-state index in [0.717, 1.165) is 36.2 Å². The molecule has 1 saturated heterocycles. The monoisotopic (exact) mass is 233 g/mol. The summed E-state index contributed by atoms with van der Waals surface area (Å²) in [5.74, 6) is 0.106. The van der Waals surface area contributed by atoms with Crippen molar-refractivity contribution < 1.29 is 5.11 Å². The lowest BCUT2D eigenvalue weighted by Gasteiger charge is -2.26. The van der Waals surface area contributed by atoms with Gasteiger partial charge in [0.15, 0.2) is 0 Å². The minimum Gasteiger partial charge on any atom is -0.394 e. The van der Waals surface area contributed by atoms with Gasteiger partial charge in [0.25, 0.3) is 0 Å². The molecule has 0 radical (unpaired) electrons. The van der Waals surface area contributed by atoms with Gasteiger partial charge in [0, 0.05) is 17.8 Å². The Kier molecular flexibility index (Phi) is 3.33. The Morgan fingerprint density at radius 3 is 2.94 bits per heavy atom. The molecule has 4 heteroatoms. The molecule has 0 aliphatic carbocycles. The van der Waals surface area contributed by atoms with E-state index >= 15 is 0 Å². The Labute approximate surface area is 102 Å². The number of hydrogen-bond donors (Lipinski definition) is 3. The van der Waals surface area contributed by atoms with Crippen molar-refractivity contribution in [1.29, 1.82) is 5.41 Å². The predicted molar refractivity (Wildman–Crippen MR) is 69.6 cm³/mol. The molecule has 4 nitrogen and oxygen atoms in total. The second kappa shape index (κ2) is 4.75. The van der Waals surface area contributed by atoms with Gasteiger partial charge in [0.1, 0.15) is 5.84 Å². The number of nitrogens with zero attached hydrogens (tertiary/aromatic N) is 1. The summed E-state index contributed by atoms with van der Waals surface area (Å²) in [6.45, 7) is 3.15. The number of anilines is 1. The quantitative estimate of drug-likeness (QED) is 0.543. The van der Waals surface area contributed by atoms with Crippen LogP contribution in [0.1, 0.15) is 24.0 Å². The lowest BCUT2D eigenvalue weighted by Crippen LogP contribution is -2.32. The summed E-state index contributed by atoms with van der Waals surface area (Å²) in [5.41, 5.74) is 8.41. The molecule has 1 aromatic carbocycles. The molecule has 1 unspecified atom stereocenters. The fraction of sp³-hybridized carbons (Fsp3) is 0.462. The zero-order valence-electron chi connectivity index (χ0n) is 10.1. The number of aliphatic hydroxyl groups is 1. The summed E-state index contributed by atoms with van der Waals surface area (Å²) < 4.78 is 0. The summed E-state index contributed by atoms with van der Waals surface area (Å²) in [5, 5.41) is 16.8. The van der Waals surface area contributed by atoms with Crippen LogP contribution in [-0.4, -0.2) is 30.1 Å². The highest BCUT2D eigenvalue weighted by molar-refractivity contribution is 5.96. The van der Waals surface area contributed by atoms with Crippen LogP contribution < -0.4 is 10.6 Å². The van der Waals surface area contributed by atoms with Gasteiger partial charge in [-0.05, 0) is 43.5 Å². The van der Waals surface area contributed by atoms with Gasteiger partial charge < -0.3 is 15.7 Å². The van der Waals surface area contributed by atoms with Crippen molar-refractivity contribution in [2.75, 3.05) is 18.1 Å². The SMILES string of the molecule is Cc1cc(N2CCCC2CO)ccc1C(=N)N. The third-order valence-electron chi connectivity index (χ3n) is 3.42. The highest BCUT2D eigenvalue weighted by Gasteiger charge is 2.24. The number of amidine groups is 1. The second-order valence-corrected chi connectivity index (χ2v) is 4.58. The standard InChI is InChI=1S/C13H19N3O/c1-9-7-10(4-5-12(9)13(14)15)16-6-2-3-11(16)8-17/h4-5,7,11,17H,2-3,6,8H2,1H3,(H3,14,15). The highest BCUT2D eigenvalue weighted by Crippen LogP contribution is 2.27. The molecule has 0 amide bonds. The van der Waals surface area contributed by atoms with Gasteiger partial charge in [-0.3, -0.25) is 5.41 Å². The molecule has 0 aromatic heterocycles. The van der Waals surface area contributed by atoms with E-state index in [2.05, 4.69) is 4.90 Å². The molecule has 1 aliphatic heterocycles. The number of nitrogens with two attached hydrogens (primary N) is 1. The van der Waals surface area contributed by atoms with Crippen LogP contribution in [0.15, 0.2) is 18.2 Å². The van der Waals surface area contributed by atoms with Crippen molar-refractivity contribution >= 4 is 11.5 Å². The van der Waals surface area contributed by atoms with Crippen LogP contribution in [-0.2, 0) is 0 Å². The second-order valence-electron chi connectivity index (χ2n) is 4.58. The smallest absolute Gasteiger partial charge is 0.123 e. The maximum absolute atomic E-state index is 9.31. The van der Waals surface area contributed by atoms with E-state index in [0.29, 0.717) is 0 Å². The Morgan fingerprint density at radius 1 is 1.59 bits per heavy atom. The van der Waals surface area contributed by atoms with E-state index in [-0.39, 0.29) is 18.5 Å². The fourth-order valence-corrected chi connectivity index (χ4v) is 2.49. The number of rotatable bonds is 3. The van der Waals surface area contributed by atoms with Crippen LogP contribution in [0.25, 0.3) is 0 Å². The average Bonchev–Trinajstić information content (AvgIpc) is 2.76. The molecule has 1 fully saturated rings. The van der Waals surface area contributed by atoms with Crippen molar-refractivity contribution in [3.63, 3.8) is 0 Å². The first-order valence-electron chi connectivity index (χ1n) is 5.96. The molecule has 17 heavy (non-hydrogen) atoms. The number of aliphatic hydroxyl groups excluding tert-OH is 1. The number of benzene rings is 1. The summed E-state index contributed by atoms with van der Waals surface area (Å²) in [7, 11) is 0. The molecule has 92 valence electrons. The van der Waals surface area contributed by atoms with Gasteiger partial charge in [0.05, 0.1) is 12.6 Å². The Balaban J connectivity index is 2.28. The Hall–Kier alpha value is -1.55. The summed E-state index contributed by atoms with van der Waals surface area (Å²) in [6.07, 6.45) is 2.17. The van der Waals surface area contributed by atoms with Crippen molar-refractivity contribution in [3.05, 3.63) is 29.3 Å². The molecule has 2 rings (SSSR count). The van der Waals surface area contributed by atoms with E-state index in [1.54, 1.807) is 0 Å². The summed E-state index contributed by atoms with van der Waals surface area (Å²) >= 11 is 0. The van der Waals surface area contributed by atoms with Crippen LogP contribution in [0.4, 0.5) is 5.69 Å². The van der Waals surface area contributed by atoms with Crippen molar-refractivity contribution in [2.24, 2.45) is 5.73 Å². The van der Waals surface area contributed by atoms with E-state index in [4.69, 9.17) is 11.1 Å². The molecule has 1 aliphatic rings. The van der Waals surface area contributed by atoms with Crippen LogP contribution >= 0.6 is 0 Å². The Morgan fingerprint density at radius 2 is 2.35 bits per heavy atom. The zero-order valence-corrected chi connectivity index (χ0v) is 10.1. The molecule has 4 N–H and O–H groups in total. The van der Waals surface area contributed by atoms with Crippen molar-refractivity contribution in [2.45, 2.75) is 25.8 Å². The Bertz CT molecular complexity index is 431. The summed E-state index contributed by atoms with van der Waals surface area (Å²) in [4.78, 5) is 2.23. The molecule has 0 saturated carbocycles. The number of nitrogens with one attached hydrogen (secondary N) is 1. The van der Waals surface area contributed by atoms with Crippen molar-refractivity contribution in [1.82, 2.24) is 0 Å². The maximum Gasteiger partial charge on any atom is 0.123 e. The minimum atomic E-state index is 0.106. The van der Waals surface area contributed by atoms with E-state index in [9.17, 15) is 5.11 Å². The first kappa shape index (κ1) is 11.9. The van der Waals surface area contributed by atoms with Crippen LogP contribution in [0.3, 0.4) is 0 Å². The fourth-order valence-electron chi connectivity index (χ4n) is 2.49. The van der Waals surface area contributed by atoms with Crippen molar-refractivity contribution in [3.8, 4) is 0 Å². The third kappa shape index (κ3) is 2.26. The lowest BCUT2D eigenvalue weighted by molar-refractivity contribution is 0.266. The van der Waals surface area contributed by atoms with E-state index in [1.165, 1.54) is 0 Å². The first-order valence-corrected chi connectivity index (χ1v) is 5.96. The van der Waals surface area contributed by atoms with Gasteiger partial charge in [-0.1, -0.05) is 0 Å². The van der Waals surface area contributed by atoms with E-state index in [1.807, 2.05) is 25.1 Å². The third-order valence-corrected chi connectivity index (χ3v) is 3.42. The molecular formula is C13H19N3O. The number of hydrogen-bond acceptors (Lipinski definition) is 3. The van der Waals surface area contributed by atoms with Crippen LogP contribution in [0.2, 0.25) is 0 Å². The largest absolute Gasteiger partial charge is 0.394 e. The molecule has 1 heterocycles. The molecule has 0 spiro atoms. The number of nitrogen functional groups attached to an aromatic ring is 1. The maximum atomic E-state index is 9.31. The van der Waals surface area contributed by atoms with Gasteiger partial charge in [-0.15, -0.1) is 0 Å². The topological polar surface area (TPSA) is 73.3 Å². The average molecular weight is 233 g/mol. The van der Waals surface area contributed by atoms with Gasteiger partial charge in [-0.2, -0.15) is 0 Å². The van der Waals surface area contributed by atoms with E-state index < -0.39 is 0 Å². The van der Waals surface area contributed by atoms with Gasteiger partial charge in [-0.25, -0.2) is 0 Å². The molecule has 1 atom stereocenters. The predicted octanol–water partition coefficient (Wildman–Crippen LogP) is 1.24. The summed E-state index contributed by atoms with van der Waals surface area (Å²) in [6, 6.07) is 6.15. The molecular weight excluding hydrogens is 214 g/mol. The number of aryl methyl sites for hydroxylation is 1. The molecule has 1 aromatic rings. The normalized spacial score (nSPS) is 19.6. The highest BCUT2D eigenvalue weighted by atomic mass is 16.3. The minimum absolute atomic E-state index is 0.106. The molecule has 0 bridgehead atoms. The van der Waals surface area contributed by atoms with Crippen LogP contribution in [0.5, 0.6) is 0 Å². The first-order chi connectivity index (χ1) is 8.13. The zero-order chi connectivity index (χ0) is 12.4. The van der Waals surface area contributed by atoms with Crippen LogP contribution in [0, 0.1) is 12.3 Å². The van der Waals surface area contributed by atoms with Gasteiger partial charge in [0.2, 0.25) is 0 Å². The van der Waals surface area contributed by atoms with Gasteiger partial charge >= 0.3 is 0 Å². The lowest BCUT2D eigenvalue weighted by atomic mass is 10.1.